The van der Waals surface area contributed by atoms with Gasteiger partial charge < -0.3 is 20.5 Å². The third kappa shape index (κ3) is 6.27. The minimum absolute atomic E-state index is 0.0159. The van der Waals surface area contributed by atoms with E-state index in [4.69, 9.17) is 9.84 Å². The normalized spacial score (nSPS) is 10.2. The monoisotopic (exact) mass is 387 g/mol. The van der Waals surface area contributed by atoms with Crippen molar-refractivity contribution in [3.8, 4) is 5.75 Å². The van der Waals surface area contributed by atoms with E-state index in [0.717, 1.165) is 5.56 Å². The van der Waals surface area contributed by atoms with Crippen molar-refractivity contribution in [3.05, 3.63) is 63.7 Å². The van der Waals surface area contributed by atoms with Crippen molar-refractivity contribution in [1.82, 2.24) is 5.32 Å². The number of nitrogens with zero attached hydrogens (tertiary/aromatic N) is 1. The molecule has 148 valence electrons. The molecular weight excluding hydrogens is 366 g/mol. The van der Waals surface area contributed by atoms with Crippen LogP contribution in [0.15, 0.2) is 42.5 Å². The van der Waals surface area contributed by atoms with E-state index in [1.165, 1.54) is 12.1 Å². The van der Waals surface area contributed by atoms with Crippen molar-refractivity contribution in [2.45, 2.75) is 13.3 Å². The molecule has 0 spiro atoms. The van der Waals surface area contributed by atoms with Crippen LogP contribution >= 0.6 is 0 Å². The molecule has 3 N–H and O–H groups in total. The number of amides is 1. The Morgan fingerprint density at radius 3 is 2.68 bits per heavy atom. The van der Waals surface area contributed by atoms with E-state index in [9.17, 15) is 19.7 Å². The Bertz CT molecular complexity index is 868. The average Bonchev–Trinajstić information content (AvgIpc) is 2.67. The number of aliphatic carboxylic acids is 1. The molecule has 9 heteroatoms. The van der Waals surface area contributed by atoms with Gasteiger partial charge in [0.05, 0.1) is 4.92 Å². The Balaban J connectivity index is 1.80. The molecule has 2 aromatic carbocycles. The van der Waals surface area contributed by atoms with Crippen molar-refractivity contribution >= 4 is 23.3 Å². The van der Waals surface area contributed by atoms with E-state index in [-0.39, 0.29) is 11.6 Å². The quantitative estimate of drug-likeness (QED) is 0.324. The first kappa shape index (κ1) is 20.7. The Kier molecular flexibility index (Phi) is 7.32. The van der Waals surface area contributed by atoms with Gasteiger partial charge in [0.2, 0.25) is 0 Å². The highest BCUT2D eigenvalue weighted by Gasteiger charge is 2.13. The third-order valence-corrected chi connectivity index (χ3v) is 3.76. The fourth-order valence-electron chi connectivity index (χ4n) is 2.43. The molecule has 0 fully saturated rings. The minimum Gasteiger partial charge on any atom is -0.482 e. The third-order valence-electron chi connectivity index (χ3n) is 3.76. The number of nitro groups is 1. The molecule has 0 atom stereocenters. The maximum Gasteiger partial charge on any atom is 0.341 e. The fraction of sp³-hybridized carbons (Fsp3) is 0.263. The number of hydrogen-bond donors (Lipinski definition) is 3. The second kappa shape index (κ2) is 9.91. The highest BCUT2D eigenvalue weighted by Crippen LogP contribution is 2.25. The number of carbonyl (C=O) groups excluding carboxylic acids is 1. The summed E-state index contributed by atoms with van der Waals surface area (Å²) in [7, 11) is 0. The molecule has 0 aliphatic heterocycles. The van der Waals surface area contributed by atoms with Gasteiger partial charge in [-0.15, -0.1) is 0 Å². The van der Waals surface area contributed by atoms with Crippen molar-refractivity contribution in [1.29, 1.82) is 0 Å². The number of rotatable bonds is 10. The number of anilines is 1. The first-order chi connectivity index (χ1) is 13.4. The molecule has 0 heterocycles. The van der Waals surface area contributed by atoms with Crippen LogP contribution < -0.4 is 15.4 Å². The van der Waals surface area contributed by atoms with Crippen LogP contribution in [0.5, 0.6) is 5.75 Å². The smallest absolute Gasteiger partial charge is 0.341 e. The first-order valence-electron chi connectivity index (χ1n) is 8.58. The molecule has 0 aliphatic rings. The molecule has 0 saturated heterocycles. The van der Waals surface area contributed by atoms with Crippen LogP contribution in [-0.4, -0.2) is 41.6 Å². The summed E-state index contributed by atoms with van der Waals surface area (Å²) in [6.45, 7) is 2.12. The molecule has 1 amide bonds. The molecule has 28 heavy (non-hydrogen) atoms. The van der Waals surface area contributed by atoms with Crippen molar-refractivity contribution in [2.24, 2.45) is 0 Å². The van der Waals surface area contributed by atoms with E-state index in [0.29, 0.717) is 36.5 Å². The highest BCUT2D eigenvalue weighted by atomic mass is 16.6. The van der Waals surface area contributed by atoms with Crippen molar-refractivity contribution in [2.75, 3.05) is 25.0 Å². The van der Waals surface area contributed by atoms with Crippen molar-refractivity contribution < 1.29 is 24.4 Å². The predicted octanol–water partition coefficient (Wildman–Crippen LogP) is 2.60. The maximum absolute atomic E-state index is 12.2. The van der Waals surface area contributed by atoms with Crippen molar-refractivity contribution in [3.63, 3.8) is 0 Å². The largest absolute Gasteiger partial charge is 0.482 e. The van der Waals surface area contributed by atoms with Gasteiger partial charge in [0.15, 0.2) is 6.61 Å². The first-order valence-corrected chi connectivity index (χ1v) is 8.58. The van der Waals surface area contributed by atoms with Crippen LogP contribution in [-0.2, 0) is 4.79 Å². The van der Waals surface area contributed by atoms with Crippen LogP contribution in [0, 0.1) is 17.0 Å². The molecule has 0 saturated carbocycles. The van der Waals surface area contributed by atoms with E-state index in [1.807, 2.05) is 0 Å². The Labute approximate surface area is 161 Å². The van der Waals surface area contributed by atoms with Gasteiger partial charge in [0, 0.05) is 24.7 Å². The van der Waals surface area contributed by atoms with Gasteiger partial charge >= 0.3 is 5.97 Å². The Morgan fingerprint density at radius 1 is 1.18 bits per heavy atom. The van der Waals surface area contributed by atoms with Gasteiger partial charge in [-0.05, 0) is 43.2 Å². The number of ether oxygens (including phenoxy) is 1. The number of nitro benzene ring substituents is 1. The van der Waals surface area contributed by atoms with Crippen LogP contribution in [0.3, 0.4) is 0 Å². The second-order valence-electron chi connectivity index (χ2n) is 6.02. The SMILES string of the molecule is Cc1ccc(NCCCNC(=O)c2cccc(OCC(=O)O)c2)c([N+](=O)[O-])c1. The van der Waals surface area contributed by atoms with Gasteiger partial charge in [-0.2, -0.15) is 0 Å². The lowest BCUT2D eigenvalue weighted by Gasteiger charge is -2.09. The zero-order valence-electron chi connectivity index (χ0n) is 15.3. The lowest BCUT2D eigenvalue weighted by Crippen LogP contribution is -2.25. The van der Waals surface area contributed by atoms with Crippen LogP contribution in [0.25, 0.3) is 0 Å². The molecule has 9 nitrogen and oxygen atoms in total. The summed E-state index contributed by atoms with van der Waals surface area (Å²) >= 11 is 0. The summed E-state index contributed by atoms with van der Waals surface area (Å²) in [5, 5.41) is 25.4. The zero-order valence-corrected chi connectivity index (χ0v) is 15.3. The fourth-order valence-corrected chi connectivity index (χ4v) is 2.43. The van der Waals surface area contributed by atoms with Crippen LogP contribution in [0.1, 0.15) is 22.3 Å². The topological polar surface area (TPSA) is 131 Å². The van der Waals surface area contributed by atoms with Crippen LogP contribution in [0.2, 0.25) is 0 Å². The summed E-state index contributed by atoms with van der Waals surface area (Å²) in [6, 6.07) is 11.2. The van der Waals surface area contributed by atoms with E-state index < -0.39 is 17.5 Å². The summed E-state index contributed by atoms with van der Waals surface area (Å²) < 4.78 is 5.04. The average molecular weight is 387 g/mol. The number of hydrogen-bond acceptors (Lipinski definition) is 6. The lowest BCUT2D eigenvalue weighted by atomic mass is 10.2. The number of carboxylic acid groups (broad SMARTS) is 1. The summed E-state index contributed by atoms with van der Waals surface area (Å²) in [5.41, 5.74) is 1.61. The second-order valence-corrected chi connectivity index (χ2v) is 6.02. The van der Waals surface area contributed by atoms with E-state index >= 15 is 0 Å². The molecule has 0 unspecified atom stereocenters. The minimum atomic E-state index is -1.10. The standard InChI is InChI=1S/C19H21N3O6/c1-13-6-7-16(17(10-13)22(26)27)20-8-3-9-21-19(25)14-4-2-5-15(11-14)28-12-18(23)24/h2,4-7,10-11,20H,3,8-9,12H2,1H3,(H,21,25)(H,23,24). The number of carboxylic acids is 1. The summed E-state index contributed by atoms with van der Waals surface area (Å²) in [4.78, 5) is 33.3. The summed E-state index contributed by atoms with van der Waals surface area (Å²) in [6.07, 6.45) is 0.561. The zero-order chi connectivity index (χ0) is 20.5. The molecule has 0 radical (unpaired) electrons. The molecule has 0 aliphatic carbocycles. The van der Waals surface area contributed by atoms with Gasteiger partial charge in [0.1, 0.15) is 11.4 Å². The number of aryl methyl sites for hydroxylation is 1. The summed E-state index contributed by atoms with van der Waals surface area (Å²) in [5.74, 6) is -1.12. The van der Waals surface area contributed by atoms with Gasteiger partial charge in [-0.3, -0.25) is 14.9 Å². The molecule has 2 aromatic rings. The van der Waals surface area contributed by atoms with E-state index in [1.54, 1.807) is 37.3 Å². The molecule has 2 rings (SSSR count). The number of nitrogens with one attached hydrogen (secondary N) is 2. The highest BCUT2D eigenvalue weighted by molar-refractivity contribution is 5.94. The maximum atomic E-state index is 12.2. The predicted molar refractivity (Wildman–Crippen MR) is 103 cm³/mol. The Morgan fingerprint density at radius 2 is 1.96 bits per heavy atom. The molecule has 0 bridgehead atoms. The van der Waals surface area contributed by atoms with E-state index in [2.05, 4.69) is 10.6 Å². The number of benzene rings is 2. The number of carbonyl (C=O) groups is 2. The van der Waals surface area contributed by atoms with Crippen LogP contribution in [0.4, 0.5) is 11.4 Å². The van der Waals surface area contributed by atoms with Gasteiger partial charge in [-0.1, -0.05) is 12.1 Å². The lowest BCUT2D eigenvalue weighted by molar-refractivity contribution is -0.384. The Hall–Kier alpha value is -3.62. The van der Waals surface area contributed by atoms with Gasteiger partial charge in [-0.25, -0.2) is 4.79 Å². The van der Waals surface area contributed by atoms with Gasteiger partial charge in [0.25, 0.3) is 11.6 Å². The molecular formula is C19H21N3O6. The molecule has 0 aromatic heterocycles.